The Balaban J connectivity index is 1.30. The van der Waals surface area contributed by atoms with E-state index in [0.29, 0.717) is 13.0 Å². The monoisotopic (exact) mass is 558 g/mol. The van der Waals surface area contributed by atoms with E-state index in [2.05, 4.69) is 30.7 Å². The number of hydrogen-bond acceptors (Lipinski definition) is 8. The van der Waals surface area contributed by atoms with Crippen molar-refractivity contribution in [3.8, 4) is 5.75 Å². The second kappa shape index (κ2) is 13.1. The Hall–Kier alpha value is -4.42. The van der Waals surface area contributed by atoms with Crippen LogP contribution in [-0.2, 0) is 17.8 Å². The van der Waals surface area contributed by atoms with E-state index in [9.17, 15) is 28.1 Å². The molecule has 0 radical (unpaired) electrons. The molecular formula is C27H29F3N6O4. The predicted octanol–water partition coefficient (Wildman–Crippen LogP) is 5.23. The lowest BCUT2D eigenvalue weighted by molar-refractivity contribution is -0.384. The van der Waals surface area contributed by atoms with Gasteiger partial charge in [0, 0.05) is 24.7 Å². The molecule has 1 heterocycles. The molecule has 0 saturated heterocycles. The fourth-order valence-electron chi connectivity index (χ4n) is 4.58. The molecule has 1 aliphatic rings. The maximum atomic E-state index is 12.7. The number of hydrogen-bond donors (Lipinski definition) is 3. The number of benzene rings is 2. The Kier molecular flexibility index (Phi) is 9.35. The van der Waals surface area contributed by atoms with Crippen LogP contribution in [0.1, 0.15) is 36.8 Å². The number of nitrogens with zero attached hydrogens (tertiary/aromatic N) is 3. The number of anilines is 2. The number of rotatable bonds is 11. The van der Waals surface area contributed by atoms with Gasteiger partial charge in [0.15, 0.2) is 0 Å². The Morgan fingerprint density at radius 3 is 2.42 bits per heavy atom. The summed E-state index contributed by atoms with van der Waals surface area (Å²) >= 11 is 0. The SMILES string of the molecule is O=C(Cc1ccccc1)N[C@H]1CC[C@H](CNc2nc(NCc3ccccc3OC(F)(F)F)ncc2[N+](=O)[O-])CC1. The van der Waals surface area contributed by atoms with Gasteiger partial charge in [-0.2, -0.15) is 4.98 Å². The molecule has 0 spiro atoms. The number of amides is 1. The molecule has 0 unspecified atom stereocenters. The standard InChI is InChI=1S/C27H29F3N6O4/c28-27(29,30)40-23-9-5-4-8-20(23)16-32-26-33-17-22(36(38)39)25(35-26)31-15-19-10-12-21(13-11-19)34-24(37)14-18-6-2-1-3-7-18/h1-9,17,19,21H,10-16H2,(H,34,37)(H2,31,32,33,35)/t19-,21-. The summed E-state index contributed by atoms with van der Waals surface area (Å²) in [4.78, 5) is 31.4. The van der Waals surface area contributed by atoms with Crippen LogP contribution in [0.4, 0.5) is 30.6 Å². The highest BCUT2D eigenvalue weighted by molar-refractivity contribution is 5.78. The van der Waals surface area contributed by atoms with Crippen LogP contribution in [0, 0.1) is 16.0 Å². The fraction of sp³-hybridized carbons (Fsp3) is 0.370. The number of ether oxygens (including phenoxy) is 1. The summed E-state index contributed by atoms with van der Waals surface area (Å²) in [5.41, 5.74) is 0.856. The van der Waals surface area contributed by atoms with Crippen LogP contribution in [0.2, 0.25) is 0 Å². The Bertz CT molecular complexity index is 1300. The molecule has 2 aromatic carbocycles. The topological polar surface area (TPSA) is 131 Å². The van der Waals surface area contributed by atoms with Gasteiger partial charge in [-0.25, -0.2) is 4.98 Å². The van der Waals surface area contributed by atoms with Gasteiger partial charge in [-0.3, -0.25) is 14.9 Å². The van der Waals surface area contributed by atoms with Gasteiger partial charge in [-0.15, -0.1) is 13.2 Å². The Morgan fingerprint density at radius 2 is 1.73 bits per heavy atom. The molecule has 40 heavy (non-hydrogen) atoms. The van der Waals surface area contributed by atoms with Crippen LogP contribution in [0.5, 0.6) is 5.75 Å². The van der Waals surface area contributed by atoms with E-state index >= 15 is 0 Å². The van der Waals surface area contributed by atoms with Crippen molar-refractivity contribution in [3.05, 3.63) is 82.0 Å². The lowest BCUT2D eigenvalue weighted by atomic mass is 9.86. The highest BCUT2D eigenvalue weighted by Crippen LogP contribution is 2.29. The van der Waals surface area contributed by atoms with Crippen LogP contribution in [0.25, 0.3) is 0 Å². The van der Waals surface area contributed by atoms with Crippen molar-refractivity contribution in [2.24, 2.45) is 5.92 Å². The van der Waals surface area contributed by atoms with Crippen molar-refractivity contribution in [2.45, 2.75) is 51.1 Å². The van der Waals surface area contributed by atoms with Crippen molar-refractivity contribution >= 4 is 23.4 Å². The normalized spacial score (nSPS) is 17.1. The maximum absolute atomic E-state index is 12.7. The van der Waals surface area contributed by atoms with Gasteiger partial charge in [0.1, 0.15) is 11.9 Å². The maximum Gasteiger partial charge on any atom is 0.573 e. The third-order valence-electron chi connectivity index (χ3n) is 6.58. The van der Waals surface area contributed by atoms with Crippen molar-refractivity contribution < 1.29 is 27.6 Å². The minimum atomic E-state index is -4.84. The van der Waals surface area contributed by atoms with Gasteiger partial charge in [0.2, 0.25) is 17.7 Å². The molecule has 0 bridgehead atoms. The number of para-hydroxylation sites is 1. The van der Waals surface area contributed by atoms with Crippen molar-refractivity contribution in [2.75, 3.05) is 17.2 Å². The first-order valence-electron chi connectivity index (χ1n) is 12.8. The summed E-state index contributed by atoms with van der Waals surface area (Å²) in [5, 5.41) is 20.4. The zero-order valence-electron chi connectivity index (χ0n) is 21.5. The highest BCUT2D eigenvalue weighted by Gasteiger charge is 2.32. The Morgan fingerprint density at radius 1 is 1.02 bits per heavy atom. The lowest BCUT2D eigenvalue weighted by Gasteiger charge is -2.29. The number of carbonyl (C=O) groups excluding carboxylic acids is 1. The number of aromatic nitrogens is 2. The fourth-order valence-corrected chi connectivity index (χ4v) is 4.58. The van der Waals surface area contributed by atoms with Crippen LogP contribution >= 0.6 is 0 Å². The van der Waals surface area contributed by atoms with Gasteiger partial charge < -0.3 is 20.7 Å². The molecule has 1 amide bonds. The van der Waals surface area contributed by atoms with E-state index in [0.717, 1.165) is 37.4 Å². The van der Waals surface area contributed by atoms with Crippen LogP contribution in [0.3, 0.4) is 0 Å². The molecule has 13 heteroatoms. The smallest absolute Gasteiger partial charge is 0.405 e. The van der Waals surface area contributed by atoms with Crippen LogP contribution < -0.4 is 20.7 Å². The largest absolute Gasteiger partial charge is 0.573 e. The second-order valence-electron chi connectivity index (χ2n) is 9.52. The molecular weight excluding hydrogens is 529 g/mol. The minimum Gasteiger partial charge on any atom is -0.405 e. The molecule has 1 saturated carbocycles. The number of nitro groups is 1. The van der Waals surface area contributed by atoms with Crippen molar-refractivity contribution in [3.63, 3.8) is 0 Å². The highest BCUT2D eigenvalue weighted by atomic mass is 19.4. The van der Waals surface area contributed by atoms with Crippen molar-refractivity contribution in [1.82, 2.24) is 15.3 Å². The lowest BCUT2D eigenvalue weighted by Crippen LogP contribution is -2.39. The van der Waals surface area contributed by atoms with E-state index in [4.69, 9.17) is 0 Å². The van der Waals surface area contributed by atoms with Crippen molar-refractivity contribution in [1.29, 1.82) is 0 Å². The Labute approximate surface area is 228 Å². The van der Waals surface area contributed by atoms with Gasteiger partial charge >= 0.3 is 12.0 Å². The molecule has 212 valence electrons. The van der Waals surface area contributed by atoms with E-state index in [1.54, 1.807) is 6.07 Å². The molecule has 0 aliphatic heterocycles. The second-order valence-corrected chi connectivity index (χ2v) is 9.52. The van der Waals surface area contributed by atoms with E-state index in [1.807, 2.05) is 30.3 Å². The van der Waals surface area contributed by atoms with Crippen LogP contribution in [0.15, 0.2) is 60.8 Å². The molecule has 1 fully saturated rings. The quantitative estimate of drug-likeness (QED) is 0.216. The first-order valence-corrected chi connectivity index (χ1v) is 12.8. The summed E-state index contributed by atoms with van der Waals surface area (Å²) in [6.45, 7) is 0.341. The first-order chi connectivity index (χ1) is 19.2. The third kappa shape index (κ3) is 8.55. The van der Waals surface area contributed by atoms with Gasteiger partial charge in [-0.05, 0) is 43.2 Å². The number of alkyl halides is 3. The number of nitrogens with one attached hydrogen (secondary N) is 3. The molecule has 10 nitrogen and oxygen atoms in total. The van der Waals surface area contributed by atoms with E-state index in [-0.39, 0.29) is 53.2 Å². The summed E-state index contributed by atoms with van der Waals surface area (Å²) in [6, 6.07) is 15.2. The number of halogens is 3. The molecule has 1 aromatic heterocycles. The predicted molar refractivity (Wildman–Crippen MR) is 142 cm³/mol. The van der Waals surface area contributed by atoms with E-state index in [1.165, 1.54) is 18.2 Å². The zero-order chi connectivity index (χ0) is 28.5. The summed E-state index contributed by atoms with van der Waals surface area (Å²) in [5.74, 6) is -0.133. The zero-order valence-corrected chi connectivity index (χ0v) is 21.5. The van der Waals surface area contributed by atoms with E-state index < -0.39 is 11.3 Å². The van der Waals surface area contributed by atoms with Gasteiger partial charge in [0.25, 0.3) is 0 Å². The average Bonchev–Trinajstić information content (AvgIpc) is 2.92. The minimum absolute atomic E-state index is 0.0137. The molecule has 3 aromatic rings. The number of carbonyl (C=O) groups is 1. The summed E-state index contributed by atoms with van der Waals surface area (Å²) in [6.07, 6.45) is -0.224. The average molecular weight is 559 g/mol. The molecule has 0 atom stereocenters. The summed E-state index contributed by atoms with van der Waals surface area (Å²) < 4.78 is 42.1. The first kappa shape index (κ1) is 28.6. The molecule has 4 rings (SSSR count). The molecule has 1 aliphatic carbocycles. The van der Waals surface area contributed by atoms with Gasteiger partial charge in [-0.1, -0.05) is 48.5 Å². The van der Waals surface area contributed by atoms with Crippen LogP contribution in [-0.4, -0.2) is 39.7 Å². The molecule has 3 N–H and O–H groups in total. The van der Waals surface area contributed by atoms with Gasteiger partial charge in [0.05, 0.1) is 11.3 Å². The third-order valence-corrected chi connectivity index (χ3v) is 6.58. The summed E-state index contributed by atoms with van der Waals surface area (Å²) in [7, 11) is 0.